The van der Waals surface area contributed by atoms with E-state index in [9.17, 15) is 18.0 Å². The molecule has 0 unspecified atom stereocenters. The van der Waals surface area contributed by atoms with Crippen molar-refractivity contribution >= 4 is 27.5 Å². The van der Waals surface area contributed by atoms with Gasteiger partial charge in [-0.3, -0.25) is 9.78 Å². The number of aliphatic hydroxyl groups excluding tert-OH is 1. The van der Waals surface area contributed by atoms with Gasteiger partial charge in [-0.1, -0.05) is 104 Å². The summed E-state index contributed by atoms with van der Waals surface area (Å²) in [6, 6.07) is 21.8. The van der Waals surface area contributed by atoms with Crippen molar-refractivity contribution in [1.82, 2.24) is 4.98 Å². The van der Waals surface area contributed by atoms with Gasteiger partial charge in [0.1, 0.15) is 0 Å². The molecule has 1 heterocycles. The van der Waals surface area contributed by atoms with E-state index in [1.807, 2.05) is 0 Å². The van der Waals surface area contributed by atoms with E-state index in [1.54, 1.807) is 13.8 Å². The first-order valence-corrected chi connectivity index (χ1v) is 17.9. The minimum absolute atomic E-state index is 0. The molecule has 0 amide bonds. The van der Waals surface area contributed by atoms with Gasteiger partial charge in [0.2, 0.25) is 5.76 Å². The SMILES string of the molecule is CCC(CC)C(=O)/C=C(\O)C(F)(F)F.Cc1cc(C)c2c(C3CC(C)(C)CC(C)(C)C3)cc(-c3[c-]c4ccccc4c(C(C)(C)C)c3)nc2c1.[Ir]. The zero-order chi connectivity index (χ0) is 37.4. The monoisotopic (exact) mass is 879 g/mol. The van der Waals surface area contributed by atoms with Crippen LogP contribution in [0.5, 0.6) is 0 Å². The summed E-state index contributed by atoms with van der Waals surface area (Å²) in [5, 5.41) is 12.3. The third-order valence-electron chi connectivity index (χ3n) is 10.1. The number of ketones is 1. The molecule has 0 atom stereocenters. The van der Waals surface area contributed by atoms with E-state index in [2.05, 4.69) is 117 Å². The summed E-state index contributed by atoms with van der Waals surface area (Å²) in [6.45, 7) is 24.6. The van der Waals surface area contributed by atoms with Crippen LogP contribution in [0.15, 0.2) is 60.4 Å². The van der Waals surface area contributed by atoms with Crippen LogP contribution in [-0.4, -0.2) is 22.1 Å². The summed E-state index contributed by atoms with van der Waals surface area (Å²) in [5.41, 5.74) is 9.44. The summed E-state index contributed by atoms with van der Waals surface area (Å²) < 4.78 is 35.4. The fraction of sp³-hybridized carbons (Fsp3) is 0.500. The maximum atomic E-state index is 11.8. The maximum Gasteiger partial charge on any atom is 0.448 e. The van der Waals surface area contributed by atoms with Gasteiger partial charge in [0.05, 0.1) is 5.52 Å². The Morgan fingerprint density at radius 1 is 0.980 bits per heavy atom. The summed E-state index contributed by atoms with van der Waals surface area (Å²) >= 11 is 0. The van der Waals surface area contributed by atoms with Crippen molar-refractivity contribution in [3.05, 3.63) is 88.7 Å². The van der Waals surface area contributed by atoms with Crippen LogP contribution in [0.4, 0.5) is 13.2 Å². The Morgan fingerprint density at radius 3 is 2.12 bits per heavy atom. The number of alkyl halides is 3. The van der Waals surface area contributed by atoms with Crippen LogP contribution in [0.25, 0.3) is 32.9 Å². The van der Waals surface area contributed by atoms with Gasteiger partial charge >= 0.3 is 6.18 Å². The van der Waals surface area contributed by atoms with Crippen molar-refractivity contribution in [2.45, 2.75) is 126 Å². The Hall–Kier alpha value is -3.02. The number of carbonyl (C=O) groups excluding carboxylic acids is 1. The number of hydrogen-bond acceptors (Lipinski definition) is 3. The van der Waals surface area contributed by atoms with Crippen molar-refractivity contribution in [2.75, 3.05) is 0 Å². The number of rotatable bonds is 6. The van der Waals surface area contributed by atoms with Crippen molar-refractivity contribution in [2.24, 2.45) is 16.7 Å². The van der Waals surface area contributed by atoms with Crippen LogP contribution in [0.3, 0.4) is 0 Å². The van der Waals surface area contributed by atoms with Gasteiger partial charge in [-0.15, -0.1) is 29.1 Å². The van der Waals surface area contributed by atoms with E-state index in [-0.39, 0.29) is 31.6 Å². The van der Waals surface area contributed by atoms with Crippen LogP contribution in [-0.2, 0) is 30.3 Å². The van der Waals surface area contributed by atoms with Gasteiger partial charge in [-0.05, 0) is 90.9 Å². The summed E-state index contributed by atoms with van der Waals surface area (Å²) in [6.07, 6.45) is 0.0825. The zero-order valence-corrected chi connectivity index (χ0v) is 34.6. The topological polar surface area (TPSA) is 50.2 Å². The number of aromatic nitrogens is 1. The molecule has 1 saturated carbocycles. The number of nitrogens with zero attached hydrogens (tertiary/aromatic N) is 1. The Labute approximate surface area is 316 Å². The van der Waals surface area contributed by atoms with E-state index >= 15 is 0 Å². The number of allylic oxidation sites excluding steroid dienone is 2. The Balaban J connectivity index is 0.000000400. The number of hydrogen-bond donors (Lipinski definition) is 1. The van der Waals surface area contributed by atoms with Gasteiger partial charge in [0.15, 0.2) is 5.78 Å². The number of aryl methyl sites for hydroxylation is 2. The molecule has 1 aliphatic rings. The molecule has 3 aromatic carbocycles. The molecule has 1 fully saturated rings. The molecule has 51 heavy (non-hydrogen) atoms. The van der Waals surface area contributed by atoms with Gasteiger partial charge < -0.3 is 5.11 Å². The summed E-state index contributed by atoms with van der Waals surface area (Å²) in [5.74, 6) is -2.42. The van der Waals surface area contributed by atoms with Gasteiger partial charge in [-0.2, -0.15) is 13.2 Å². The molecule has 1 aliphatic carbocycles. The van der Waals surface area contributed by atoms with Gasteiger partial charge in [0.25, 0.3) is 0 Å². The first kappa shape index (κ1) is 42.4. The summed E-state index contributed by atoms with van der Waals surface area (Å²) in [7, 11) is 0. The van der Waals surface area contributed by atoms with Crippen LogP contribution >= 0.6 is 0 Å². The number of pyridine rings is 1. The smallest absolute Gasteiger partial charge is 0.448 e. The van der Waals surface area contributed by atoms with E-state index in [0.29, 0.717) is 29.6 Å². The average molecular weight is 879 g/mol. The third kappa shape index (κ3) is 10.3. The first-order valence-electron chi connectivity index (χ1n) is 17.9. The molecule has 4 aromatic rings. The second-order valence-corrected chi connectivity index (χ2v) is 17.0. The van der Waals surface area contributed by atoms with Gasteiger partial charge in [-0.25, -0.2) is 0 Å². The standard InChI is InChI=1S/C35H42N.C9H13F3O2.Ir/c1-22-14-23(2)32-28(26-19-34(6,7)21-35(8,9)20-26)18-30(36-31(32)15-22)25-16-24-12-10-11-13-27(24)29(17-25)33(3,4)5;1-3-6(4-2)7(13)5-8(14)9(10,11)12;/h10-15,17-18,26H,19-21H2,1-9H3;5-6,14H,3-4H2,1-2H3;/q-1;;/b;8-5-;. The Morgan fingerprint density at radius 2 is 1.57 bits per heavy atom. The zero-order valence-electron chi connectivity index (χ0n) is 32.2. The second-order valence-electron chi connectivity index (χ2n) is 17.0. The molecule has 0 aliphatic heterocycles. The molecule has 3 nitrogen and oxygen atoms in total. The Bertz CT molecular complexity index is 1880. The predicted octanol–water partition coefficient (Wildman–Crippen LogP) is 13.1. The molecule has 0 bridgehead atoms. The van der Waals surface area contributed by atoms with Crippen molar-refractivity contribution in [3.63, 3.8) is 0 Å². The number of aliphatic hydroxyl groups is 1. The predicted molar refractivity (Wildman–Crippen MR) is 202 cm³/mol. The van der Waals surface area contributed by atoms with Crippen LogP contribution in [0, 0.1) is 36.7 Å². The van der Waals surface area contributed by atoms with Crippen molar-refractivity contribution < 1.29 is 43.2 Å². The van der Waals surface area contributed by atoms with Crippen LogP contribution < -0.4 is 0 Å². The number of fused-ring (bicyclic) bond motifs is 2. The molecule has 1 radical (unpaired) electrons. The maximum absolute atomic E-state index is 11.8. The van der Waals surface area contributed by atoms with Crippen LogP contribution in [0.1, 0.15) is 123 Å². The molecular weight excluding hydrogens is 824 g/mol. The molecule has 0 spiro atoms. The molecular formula is C44H55F3IrNO2-. The van der Waals surface area contributed by atoms with E-state index < -0.39 is 23.6 Å². The third-order valence-corrected chi connectivity index (χ3v) is 10.1. The number of halogens is 3. The van der Waals surface area contributed by atoms with Crippen molar-refractivity contribution in [1.29, 1.82) is 0 Å². The molecule has 0 saturated heterocycles. The molecule has 279 valence electrons. The quantitative estimate of drug-likeness (QED) is 0.119. The normalized spacial score (nSPS) is 16.5. The fourth-order valence-electron chi connectivity index (χ4n) is 8.33. The van der Waals surface area contributed by atoms with E-state index in [1.165, 1.54) is 57.7 Å². The molecule has 1 aromatic heterocycles. The van der Waals surface area contributed by atoms with E-state index in [4.69, 9.17) is 10.1 Å². The fourth-order valence-corrected chi connectivity index (χ4v) is 8.33. The largest absolute Gasteiger partial charge is 0.504 e. The Kier molecular flexibility index (Phi) is 13.2. The minimum atomic E-state index is -4.83. The van der Waals surface area contributed by atoms with Crippen LogP contribution in [0.2, 0.25) is 0 Å². The van der Waals surface area contributed by atoms with E-state index in [0.717, 1.165) is 16.8 Å². The average Bonchev–Trinajstić information content (AvgIpc) is 2.98. The van der Waals surface area contributed by atoms with Crippen molar-refractivity contribution in [3.8, 4) is 11.3 Å². The van der Waals surface area contributed by atoms with Gasteiger partial charge in [0, 0.05) is 43.2 Å². The number of carbonyl (C=O) groups is 1. The molecule has 7 heteroatoms. The molecule has 1 N–H and O–H groups in total. The molecule has 5 rings (SSSR count). The number of benzene rings is 3. The second kappa shape index (κ2) is 15.9. The summed E-state index contributed by atoms with van der Waals surface area (Å²) in [4.78, 5) is 16.4. The minimum Gasteiger partial charge on any atom is -0.504 e. The first-order chi connectivity index (χ1) is 23.0.